The molecule has 6 heteroatoms. The molecule has 2 aromatic rings. The lowest BCUT2D eigenvalue weighted by Gasteiger charge is -2.25. The smallest absolute Gasteiger partial charge is 0.310 e. The molecule has 0 aliphatic carbocycles. The second-order valence-electron chi connectivity index (χ2n) is 5.18. The van der Waals surface area contributed by atoms with Crippen molar-refractivity contribution in [2.75, 3.05) is 20.3 Å². The number of aromatic amines is 1. The number of H-pyrrole nitrogens is 1. The molecule has 0 aromatic carbocycles. The summed E-state index contributed by atoms with van der Waals surface area (Å²) in [5, 5.41) is 10.3. The number of aromatic nitrogens is 2. The van der Waals surface area contributed by atoms with Gasteiger partial charge in [-0.25, -0.2) is 4.98 Å². The Morgan fingerprint density at radius 1 is 1.60 bits per heavy atom. The van der Waals surface area contributed by atoms with Crippen LogP contribution < -0.4 is 0 Å². The summed E-state index contributed by atoms with van der Waals surface area (Å²) in [5.41, 5.74) is 1.97. The van der Waals surface area contributed by atoms with Crippen LogP contribution in [0.4, 0.5) is 0 Å². The number of hydrogen-bond acceptors (Lipinski definition) is 4. The number of carboxylic acid groups (broad SMARTS) is 1. The number of pyridine rings is 1. The van der Waals surface area contributed by atoms with Crippen molar-refractivity contribution >= 4 is 17.0 Å². The molecule has 106 valence electrons. The van der Waals surface area contributed by atoms with E-state index in [1.807, 2.05) is 30.3 Å². The van der Waals surface area contributed by atoms with E-state index in [9.17, 15) is 9.90 Å². The molecule has 2 aromatic heterocycles. The van der Waals surface area contributed by atoms with E-state index in [1.54, 1.807) is 6.20 Å². The molecule has 1 saturated heterocycles. The van der Waals surface area contributed by atoms with Crippen molar-refractivity contribution in [2.24, 2.45) is 5.92 Å². The molecule has 0 amide bonds. The third-order valence-corrected chi connectivity index (χ3v) is 3.89. The zero-order valence-electron chi connectivity index (χ0n) is 11.2. The fourth-order valence-electron chi connectivity index (χ4n) is 2.74. The normalized spacial score (nSPS) is 22.7. The Bertz CT molecular complexity index is 625. The Labute approximate surface area is 116 Å². The van der Waals surface area contributed by atoms with E-state index in [-0.39, 0.29) is 6.04 Å². The SMILES string of the molecule is CN(Cc1c[nH]c2ncccc12)C1COCC1C(=O)O. The van der Waals surface area contributed by atoms with Gasteiger partial charge in [0, 0.05) is 30.4 Å². The molecular weight excluding hydrogens is 258 g/mol. The molecule has 0 saturated carbocycles. The molecule has 2 atom stereocenters. The highest BCUT2D eigenvalue weighted by atomic mass is 16.5. The average Bonchev–Trinajstić information content (AvgIpc) is 3.06. The quantitative estimate of drug-likeness (QED) is 0.873. The van der Waals surface area contributed by atoms with Crippen LogP contribution in [0.3, 0.4) is 0 Å². The third kappa shape index (κ3) is 2.28. The second-order valence-corrected chi connectivity index (χ2v) is 5.18. The van der Waals surface area contributed by atoms with E-state index < -0.39 is 11.9 Å². The van der Waals surface area contributed by atoms with E-state index in [2.05, 4.69) is 9.97 Å². The summed E-state index contributed by atoms with van der Waals surface area (Å²) in [6, 6.07) is 3.83. The maximum Gasteiger partial charge on any atom is 0.310 e. The summed E-state index contributed by atoms with van der Waals surface area (Å²) in [6.07, 6.45) is 3.68. The molecule has 0 spiro atoms. The standard InChI is InChI=1S/C14H17N3O3/c1-17(12-8-20-7-11(12)14(18)19)6-9-5-16-13-10(9)3-2-4-15-13/h2-5,11-12H,6-8H2,1H3,(H,15,16)(H,18,19). The molecule has 1 fully saturated rings. The van der Waals surface area contributed by atoms with Gasteiger partial charge in [-0.1, -0.05) is 0 Å². The van der Waals surface area contributed by atoms with Gasteiger partial charge in [-0.05, 0) is 24.7 Å². The number of ether oxygens (including phenoxy) is 1. The number of nitrogens with one attached hydrogen (secondary N) is 1. The molecule has 0 bridgehead atoms. The third-order valence-electron chi connectivity index (χ3n) is 3.89. The van der Waals surface area contributed by atoms with Gasteiger partial charge in [-0.15, -0.1) is 0 Å². The number of carbonyl (C=O) groups is 1. The number of nitrogens with zero attached hydrogens (tertiary/aromatic N) is 2. The Kier molecular flexibility index (Phi) is 3.42. The highest BCUT2D eigenvalue weighted by molar-refractivity contribution is 5.79. The molecule has 2 unspecified atom stereocenters. The highest BCUT2D eigenvalue weighted by Crippen LogP contribution is 2.23. The zero-order chi connectivity index (χ0) is 14.1. The van der Waals surface area contributed by atoms with Crippen molar-refractivity contribution in [1.82, 2.24) is 14.9 Å². The van der Waals surface area contributed by atoms with Gasteiger partial charge in [-0.2, -0.15) is 0 Å². The summed E-state index contributed by atoms with van der Waals surface area (Å²) in [6.45, 7) is 1.43. The molecule has 3 heterocycles. The minimum absolute atomic E-state index is 0.0888. The fourth-order valence-corrected chi connectivity index (χ4v) is 2.74. The van der Waals surface area contributed by atoms with Crippen LogP contribution in [0.25, 0.3) is 11.0 Å². The van der Waals surface area contributed by atoms with Crippen LogP contribution in [0.1, 0.15) is 5.56 Å². The van der Waals surface area contributed by atoms with Gasteiger partial charge in [0.15, 0.2) is 0 Å². The molecule has 2 N–H and O–H groups in total. The lowest BCUT2D eigenvalue weighted by atomic mass is 10.0. The fraction of sp³-hybridized carbons (Fsp3) is 0.429. The lowest BCUT2D eigenvalue weighted by Crippen LogP contribution is -2.40. The first-order chi connectivity index (χ1) is 9.66. The van der Waals surface area contributed by atoms with E-state index >= 15 is 0 Å². The van der Waals surface area contributed by atoms with Gasteiger partial charge in [-0.3, -0.25) is 9.69 Å². The minimum atomic E-state index is -0.792. The monoisotopic (exact) mass is 275 g/mol. The largest absolute Gasteiger partial charge is 0.481 e. The van der Waals surface area contributed by atoms with Crippen molar-refractivity contribution in [3.63, 3.8) is 0 Å². The summed E-state index contributed by atoms with van der Waals surface area (Å²) >= 11 is 0. The molecule has 3 rings (SSSR count). The Balaban J connectivity index is 1.78. The van der Waals surface area contributed by atoms with Crippen LogP contribution in [0.5, 0.6) is 0 Å². The average molecular weight is 275 g/mol. The van der Waals surface area contributed by atoms with E-state index in [4.69, 9.17) is 4.74 Å². The van der Waals surface area contributed by atoms with Crippen molar-refractivity contribution < 1.29 is 14.6 Å². The maximum atomic E-state index is 11.2. The number of aliphatic carboxylic acids is 1. The molecular formula is C14H17N3O3. The zero-order valence-corrected chi connectivity index (χ0v) is 11.2. The lowest BCUT2D eigenvalue weighted by molar-refractivity contribution is -0.143. The van der Waals surface area contributed by atoms with Crippen molar-refractivity contribution in [3.8, 4) is 0 Å². The summed E-state index contributed by atoms with van der Waals surface area (Å²) < 4.78 is 5.32. The number of carboxylic acids is 1. The van der Waals surface area contributed by atoms with Gasteiger partial charge in [0.2, 0.25) is 0 Å². The predicted molar refractivity (Wildman–Crippen MR) is 73.3 cm³/mol. The summed E-state index contributed by atoms with van der Waals surface area (Å²) in [5.74, 6) is -1.25. The molecule has 0 radical (unpaired) electrons. The van der Waals surface area contributed by atoms with Crippen LogP contribution >= 0.6 is 0 Å². The predicted octanol–water partition coefficient (Wildman–Crippen LogP) is 1.09. The minimum Gasteiger partial charge on any atom is -0.481 e. The van der Waals surface area contributed by atoms with Gasteiger partial charge in [0.25, 0.3) is 0 Å². The van der Waals surface area contributed by atoms with Crippen molar-refractivity contribution in [1.29, 1.82) is 0 Å². The molecule has 20 heavy (non-hydrogen) atoms. The Morgan fingerprint density at radius 2 is 2.45 bits per heavy atom. The van der Waals surface area contributed by atoms with Crippen molar-refractivity contribution in [3.05, 3.63) is 30.1 Å². The maximum absolute atomic E-state index is 11.2. The van der Waals surface area contributed by atoms with Crippen LogP contribution in [-0.2, 0) is 16.1 Å². The van der Waals surface area contributed by atoms with Gasteiger partial charge in [0.05, 0.1) is 19.1 Å². The summed E-state index contributed by atoms with van der Waals surface area (Å²) in [7, 11) is 1.94. The Morgan fingerprint density at radius 3 is 3.25 bits per heavy atom. The van der Waals surface area contributed by atoms with Crippen LogP contribution in [0.2, 0.25) is 0 Å². The van der Waals surface area contributed by atoms with Gasteiger partial charge >= 0.3 is 5.97 Å². The topological polar surface area (TPSA) is 78.5 Å². The Hall–Kier alpha value is -1.92. The van der Waals surface area contributed by atoms with Crippen LogP contribution in [0.15, 0.2) is 24.5 Å². The van der Waals surface area contributed by atoms with Gasteiger partial charge < -0.3 is 14.8 Å². The molecule has 6 nitrogen and oxygen atoms in total. The number of hydrogen-bond donors (Lipinski definition) is 2. The molecule has 1 aliphatic rings. The first-order valence-corrected chi connectivity index (χ1v) is 6.58. The number of rotatable bonds is 4. The first-order valence-electron chi connectivity index (χ1n) is 6.58. The number of fused-ring (bicyclic) bond motifs is 1. The molecule has 1 aliphatic heterocycles. The van der Waals surface area contributed by atoms with Crippen molar-refractivity contribution in [2.45, 2.75) is 12.6 Å². The number of likely N-dealkylation sites (N-methyl/N-ethyl adjacent to an activating group) is 1. The van der Waals surface area contributed by atoms with Gasteiger partial charge in [0.1, 0.15) is 5.65 Å². The van der Waals surface area contributed by atoms with E-state index in [0.717, 1.165) is 16.6 Å². The highest BCUT2D eigenvalue weighted by Gasteiger charge is 2.36. The first kappa shape index (κ1) is 13.1. The van der Waals surface area contributed by atoms with E-state index in [1.165, 1.54) is 0 Å². The van der Waals surface area contributed by atoms with Crippen LogP contribution in [0, 0.1) is 5.92 Å². The van der Waals surface area contributed by atoms with Crippen LogP contribution in [-0.4, -0.2) is 52.2 Å². The second kappa shape index (κ2) is 5.22. The summed E-state index contributed by atoms with van der Waals surface area (Å²) in [4.78, 5) is 20.6. The van der Waals surface area contributed by atoms with E-state index in [0.29, 0.717) is 19.8 Å².